The monoisotopic (exact) mass is 405 g/mol. The van der Waals surface area contributed by atoms with E-state index in [1.165, 1.54) is 11.8 Å². The van der Waals surface area contributed by atoms with Crippen molar-refractivity contribution >= 4 is 29.3 Å². The Bertz CT molecular complexity index is 765. The molecule has 0 aliphatic carbocycles. The first kappa shape index (κ1) is 20.1. The number of carbonyl (C=O) groups excluding carboxylic acids is 1. The van der Waals surface area contributed by atoms with Gasteiger partial charge in [-0.15, -0.1) is 11.8 Å². The first-order valence-corrected chi connectivity index (χ1v) is 10.4. The summed E-state index contributed by atoms with van der Waals surface area (Å²) < 4.78 is 11.1. The quantitative estimate of drug-likeness (QED) is 0.599. The average molecular weight is 406 g/mol. The summed E-state index contributed by atoms with van der Waals surface area (Å²) in [5.74, 6) is 1.22. The molecule has 1 aliphatic rings. The van der Waals surface area contributed by atoms with Crippen molar-refractivity contribution in [3.05, 3.63) is 59.1 Å². The van der Waals surface area contributed by atoms with Gasteiger partial charge in [0, 0.05) is 24.6 Å². The summed E-state index contributed by atoms with van der Waals surface area (Å²) in [5, 5.41) is 0.675. The number of nitrogens with zero attached hydrogens (tertiary/aromatic N) is 1. The van der Waals surface area contributed by atoms with Crippen molar-refractivity contribution in [2.24, 2.45) is 0 Å². The largest absolute Gasteiger partial charge is 0.497 e. The summed E-state index contributed by atoms with van der Waals surface area (Å²) in [4.78, 5) is 15.8. The Kier molecular flexibility index (Phi) is 7.44. The summed E-state index contributed by atoms with van der Waals surface area (Å²) in [7, 11) is 1.65. The third kappa shape index (κ3) is 5.89. The van der Waals surface area contributed by atoms with Gasteiger partial charge in [0.05, 0.1) is 24.0 Å². The first-order valence-electron chi connectivity index (χ1n) is 9.05. The number of amides is 1. The maximum atomic E-state index is 12.9. The van der Waals surface area contributed by atoms with Crippen LogP contribution in [-0.4, -0.2) is 42.9 Å². The van der Waals surface area contributed by atoms with Crippen LogP contribution in [0, 0.1) is 0 Å². The van der Waals surface area contributed by atoms with Gasteiger partial charge in [-0.2, -0.15) is 0 Å². The highest BCUT2D eigenvalue weighted by Crippen LogP contribution is 2.27. The molecule has 1 fully saturated rings. The van der Waals surface area contributed by atoms with Crippen LogP contribution in [0.15, 0.2) is 53.4 Å². The highest BCUT2D eigenvalue weighted by Gasteiger charge is 2.23. The van der Waals surface area contributed by atoms with E-state index in [4.69, 9.17) is 21.1 Å². The zero-order valence-corrected chi connectivity index (χ0v) is 17.0. The fourth-order valence-electron chi connectivity index (χ4n) is 3.07. The van der Waals surface area contributed by atoms with Crippen LogP contribution in [-0.2, 0) is 16.1 Å². The van der Waals surface area contributed by atoms with Crippen molar-refractivity contribution in [1.29, 1.82) is 0 Å². The highest BCUT2D eigenvalue weighted by atomic mass is 35.5. The molecule has 0 bridgehead atoms. The van der Waals surface area contributed by atoms with E-state index in [1.54, 1.807) is 7.11 Å². The lowest BCUT2D eigenvalue weighted by Crippen LogP contribution is -2.38. The molecule has 1 atom stereocenters. The van der Waals surface area contributed by atoms with Crippen molar-refractivity contribution in [1.82, 2.24) is 4.90 Å². The average Bonchev–Trinajstić information content (AvgIpc) is 3.20. The molecule has 1 amide bonds. The molecule has 27 heavy (non-hydrogen) atoms. The number of ether oxygens (including phenoxy) is 2. The fraction of sp³-hybridized carbons (Fsp3) is 0.381. The number of carbonyl (C=O) groups is 1. The van der Waals surface area contributed by atoms with Crippen molar-refractivity contribution in [2.45, 2.75) is 30.4 Å². The van der Waals surface area contributed by atoms with Crippen molar-refractivity contribution in [3.63, 3.8) is 0 Å². The number of methoxy groups -OCH3 is 1. The van der Waals surface area contributed by atoms with Gasteiger partial charge < -0.3 is 14.4 Å². The Morgan fingerprint density at radius 1 is 1.30 bits per heavy atom. The number of halogens is 1. The highest BCUT2D eigenvalue weighted by molar-refractivity contribution is 8.00. The minimum absolute atomic E-state index is 0.0817. The third-order valence-electron chi connectivity index (χ3n) is 4.50. The summed E-state index contributed by atoms with van der Waals surface area (Å²) in [5.41, 5.74) is 1.04. The maximum absolute atomic E-state index is 12.9. The fourth-order valence-corrected chi connectivity index (χ4v) is 4.21. The molecule has 2 aromatic carbocycles. The van der Waals surface area contributed by atoms with Crippen LogP contribution in [0.4, 0.5) is 0 Å². The molecular weight excluding hydrogens is 382 g/mol. The van der Waals surface area contributed by atoms with Gasteiger partial charge in [-0.1, -0.05) is 35.9 Å². The number of benzene rings is 2. The standard InChI is InChI=1S/C21H24ClNO3S/c1-25-17-7-4-6-16(12-17)13-23(14-18-8-5-11-26-18)21(24)15-27-20-10-3-2-9-19(20)22/h2-4,6-7,9-10,12,18H,5,8,11,13-15H2,1H3. The Hall–Kier alpha value is -1.69. The molecule has 0 N–H and O–H groups in total. The zero-order chi connectivity index (χ0) is 19.1. The van der Waals surface area contributed by atoms with Crippen molar-refractivity contribution in [2.75, 3.05) is 26.0 Å². The molecule has 1 aliphatic heterocycles. The van der Waals surface area contributed by atoms with E-state index in [0.29, 0.717) is 23.9 Å². The summed E-state index contributed by atoms with van der Waals surface area (Å²) in [6.07, 6.45) is 2.17. The van der Waals surface area contributed by atoms with Crippen LogP contribution >= 0.6 is 23.4 Å². The van der Waals surface area contributed by atoms with E-state index < -0.39 is 0 Å². The van der Waals surface area contributed by atoms with Crippen LogP contribution in [0.25, 0.3) is 0 Å². The minimum atomic E-state index is 0.0817. The molecule has 0 spiro atoms. The summed E-state index contributed by atoms with van der Waals surface area (Å²) in [6, 6.07) is 15.4. The molecule has 1 saturated heterocycles. The maximum Gasteiger partial charge on any atom is 0.233 e. The van der Waals surface area contributed by atoms with E-state index in [0.717, 1.165) is 35.7 Å². The Balaban J connectivity index is 1.67. The number of rotatable bonds is 8. The smallest absolute Gasteiger partial charge is 0.233 e. The topological polar surface area (TPSA) is 38.8 Å². The normalized spacial score (nSPS) is 16.3. The van der Waals surface area contributed by atoms with Crippen molar-refractivity contribution < 1.29 is 14.3 Å². The molecule has 0 aromatic heterocycles. The zero-order valence-electron chi connectivity index (χ0n) is 15.4. The van der Waals surface area contributed by atoms with Crippen molar-refractivity contribution in [3.8, 4) is 5.75 Å². The number of hydrogen-bond donors (Lipinski definition) is 0. The van der Waals surface area contributed by atoms with Crippen LogP contribution in [0.5, 0.6) is 5.75 Å². The Morgan fingerprint density at radius 2 is 2.15 bits per heavy atom. The van der Waals surface area contributed by atoms with Gasteiger partial charge in [-0.3, -0.25) is 4.79 Å². The summed E-state index contributed by atoms with van der Waals surface area (Å²) >= 11 is 7.68. The Morgan fingerprint density at radius 3 is 2.89 bits per heavy atom. The van der Waals surface area contributed by atoms with Gasteiger partial charge in [0.1, 0.15) is 5.75 Å². The van der Waals surface area contributed by atoms with Gasteiger partial charge in [0.2, 0.25) is 5.91 Å². The van der Waals surface area contributed by atoms with E-state index in [2.05, 4.69) is 0 Å². The first-order chi connectivity index (χ1) is 13.2. The molecule has 6 heteroatoms. The molecular formula is C21H24ClNO3S. The van der Waals surface area contributed by atoms with Gasteiger partial charge in [0.15, 0.2) is 0 Å². The molecule has 1 heterocycles. The predicted molar refractivity (Wildman–Crippen MR) is 110 cm³/mol. The second-order valence-electron chi connectivity index (χ2n) is 6.48. The van der Waals surface area contributed by atoms with Crippen LogP contribution in [0.2, 0.25) is 5.02 Å². The SMILES string of the molecule is COc1cccc(CN(CC2CCCO2)C(=O)CSc2ccccc2Cl)c1. The van der Waals surface area contributed by atoms with Gasteiger partial charge in [-0.05, 0) is 42.7 Å². The molecule has 4 nitrogen and oxygen atoms in total. The summed E-state index contributed by atoms with van der Waals surface area (Å²) in [6.45, 7) is 1.93. The molecule has 0 radical (unpaired) electrons. The second kappa shape index (κ2) is 10.0. The van der Waals surface area contributed by atoms with Gasteiger partial charge in [0.25, 0.3) is 0 Å². The predicted octanol–water partition coefficient (Wildman–Crippen LogP) is 4.65. The molecule has 144 valence electrons. The molecule has 0 saturated carbocycles. The lowest BCUT2D eigenvalue weighted by Gasteiger charge is -2.26. The molecule has 2 aromatic rings. The van der Waals surface area contributed by atoms with Crippen LogP contribution < -0.4 is 4.74 Å². The van der Waals surface area contributed by atoms with Crippen LogP contribution in [0.3, 0.4) is 0 Å². The minimum Gasteiger partial charge on any atom is -0.497 e. The van der Waals surface area contributed by atoms with Crippen LogP contribution in [0.1, 0.15) is 18.4 Å². The second-order valence-corrected chi connectivity index (χ2v) is 7.90. The third-order valence-corrected chi connectivity index (χ3v) is 6.00. The Labute approximate surface area is 169 Å². The lowest BCUT2D eigenvalue weighted by molar-refractivity contribution is -0.130. The van der Waals surface area contributed by atoms with E-state index in [1.807, 2.05) is 53.4 Å². The van der Waals surface area contributed by atoms with Gasteiger partial charge >= 0.3 is 0 Å². The molecule has 1 unspecified atom stereocenters. The van der Waals surface area contributed by atoms with E-state index in [9.17, 15) is 4.79 Å². The lowest BCUT2D eigenvalue weighted by atomic mass is 10.1. The number of thioether (sulfide) groups is 1. The molecule has 3 rings (SSSR count). The number of hydrogen-bond acceptors (Lipinski definition) is 4. The van der Waals surface area contributed by atoms with E-state index >= 15 is 0 Å². The van der Waals surface area contributed by atoms with E-state index in [-0.39, 0.29) is 12.0 Å². The van der Waals surface area contributed by atoms with Gasteiger partial charge in [-0.25, -0.2) is 0 Å².